The quantitative estimate of drug-likeness (QED) is 0.605. The van der Waals surface area contributed by atoms with Gasteiger partial charge in [0, 0.05) is 43.3 Å². The van der Waals surface area contributed by atoms with Crippen molar-refractivity contribution in [3.05, 3.63) is 47.3 Å². The summed E-state index contributed by atoms with van der Waals surface area (Å²) in [5, 5.41) is 0.600. The number of oxazole rings is 1. The SMILES string of the molecule is O=S(=O)(c1ccc2c(c1)OCCO2)N1CCN(Cc2nc3ccc(Cl)cc3o2)CC1. The van der Waals surface area contributed by atoms with Gasteiger partial charge < -0.3 is 13.9 Å². The van der Waals surface area contributed by atoms with E-state index in [4.69, 9.17) is 25.5 Å². The normalized spacial score (nSPS) is 18.0. The zero-order valence-corrected chi connectivity index (χ0v) is 17.7. The number of fused-ring (bicyclic) bond motifs is 2. The van der Waals surface area contributed by atoms with Crippen LogP contribution in [0.25, 0.3) is 11.1 Å². The summed E-state index contributed by atoms with van der Waals surface area (Å²) in [5.74, 6) is 1.64. The Balaban J connectivity index is 1.25. The number of ether oxygens (including phenoxy) is 2. The van der Waals surface area contributed by atoms with Gasteiger partial charge in [-0.2, -0.15) is 4.31 Å². The minimum absolute atomic E-state index is 0.219. The largest absolute Gasteiger partial charge is 0.486 e. The second-order valence-corrected chi connectivity index (χ2v) is 9.58. The van der Waals surface area contributed by atoms with Gasteiger partial charge in [-0.15, -0.1) is 0 Å². The topological polar surface area (TPSA) is 85.1 Å². The number of halogens is 1. The summed E-state index contributed by atoms with van der Waals surface area (Å²) in [6.07, 6.45) is 0. The highest BCUT2D eigenvalue weighted by Gasteiger charge is 2.30. The third kappa shape index (κ3) is 3.74. The van der Waals surface area contributed by atoms with E-state index in [1.807, 2.05) is 6.07 Å². The summed E-state index contributed by atoms with van der Waals surface area (Å²) in [4.78, 5) is 6.83. The fourth-order valence-corrected chi connectivity index (χ4v) is 5.27. The molecule has 8 nitrogen and oxygen atoms in total. The van der Waals surface area contributed by atoms with Gasteiger partial charge in [0.25, 0.3) is 0 Å². The molecule has 0 spiro atoms. The van der Waals surface area contributed by atoms with Crippen LogP contribution in [0.15, 0.2) is 45.7 Å². The van der Waals surface area contributed by atoms with Gasteiger partial charge in [0.15, 0.2) is 17.1 Å². The number of hydrogen-bond donors (Lipinski definition) is 0. The molecule has 3 heterocycles. The van der Waals surface area contributed by atoms with Crippen molar-refractivity contribution in [3.63, 3.8) is 0 Å². The van der Waals surface area contributed by atoms with Crippen molar-refractivity contribution in [1.82, 2.24) is 14.2 Å². The summed E-state index contributed by atoms with van der Waals surface area (Å²) < 4.78 is 44.4. The number of piperazine rings is 1. The van der Waals surface area contributed by atoms with Crippen molar-refractivity contribution < 1.29 is 22.3 Å². The van der Waals surface area contributed by atoms with Crippen LogP contribution in [0.3, 0.4) is 0 Å². The Kier molecular flexibility index (Phi) is 5.06. The molecule has 5 rings (SSSR count). The second-order valence-electron chi connectivity index (χ2n) is 7.21. The van der Waals surface area contributed by atoms with Crippen LogP contribution in [0.5, 0.6) is 11.5 Å². The number of sulfonamides is 1. The van der Waals surface area contributed by atoms with Crippen molar-refractivity contribution in [2.45, 2.75) is 11.4 Å². The maximum absolute atomic E-state index is 13.1. The first kappa shape index (κ1) is 19.6. The van der Waals surface area contributed by atoms with Gasteiger partial charge in [-0.3, -0.25) is 4.90 Å². The van der Waals surface area contributed by atoms with Crippen molar-refractivity contribution in [2.75, 3.05) is 39.4 Å². The van der Waals surface area contributed by atoms with Crippen molar-refractivity contribution >= 4 is 32.7 Å². The molecule has 3 aromatic rings. The predicted molar refractivity (Wildman–Crippen MR) is 110 cm³/mol. The minimum atomic E-state index is -3.60. The van der Waals surface area contributed by atoms with Crippen LogP contribution in [-0.4, -0.2) is 62.0 Å². The van der Waals surface area contributed by atoms with Crippen molar-refractivity contribution in [2.24, 2.45) is 0 Å². The highest BCUT2D eigenvalue weighted by molar-refractivity contribution is 7.89. The van der Waals surface area contributed by atoms with Gasteiger partial charge >= 0.3 is 0 Å². The Morgan fingerprint density at radius 2 is 1.73 bits per heavy atom. The fraction of sp³-hybridized carbons (Fsp3) is 0.350. The Hall–Kier alpha value is -2.33. The summed E-state index contributed by atoms with van der Waals surface area (Å²) in [6.45, 7) is 3.35. The average molecular weight is 450 g/mol. The Labute approximate surface area is 179 Å². The van der Waals surface area contributed by atoms with Gasteiger partial charge in [-0.25, -0.2) is 13.4 Å². The molecule has 2 aromatic carbocycles. The van der Waals surface area contributed by atoms with Crippen LogP contribution in [-0.2, 0) is 16.6 Å². The molecule has 1 saturated heterocycles. The van der Waals surface area contributed by atoms with E-state index in [2.05, 4.69) is 9.88 Å². The third-order valence-corrected chi connectivity index (χ3v) is 7.37. The second kappa shape index (κ2) is 7.73. The highest BCUT2D eigenvalue weighted by atomic mass is 35.5. The number of nitrogens with zero attached hydrogens (tertiary/aromatic N) is 3. The lowest BCUT2D eigenvalue weighted by Crippen LogP contribution is -2.48. The van der Waals surface area contributed by atoms with E-state index in [1.54, 1.807) is 30.3 Å². The molecule has 0 bridgehead atoms. The van der Waals surface area contributed by atoms with Crippen LogP contribution in [0, 0.1) is 0 Å². The summed E-state index contributed by atoms with van der Waals surface area (Å²) in [7, 11) is -3.60. The lowest BCUT2D eigenvalue weighted by atomic mass is 10.3. The maximum Gasteiger partial charge on any atom is 0.243 e. The summed E-state index contributed by atoms with van der Waals surface area (Å²) in [5.41, 5.74) is 1.41. The number of rotatable bonds is 4. The van der Waals surface area contributed by atoms with Crippen LogP contribution in [0.1, 0.15) is 5.89 Å². The van der Waals surface area contributed by atoms with Crippen LogP contribution in [0.4, 0.5) is 0 Å². The molecule has 30 heavy (non-hydrogen) atoms. The monoisotopic (exact) mass is 449 g/mol. The van der Waals surface area contributed by atoms with Gasteiger partial charge in [0.2, 0.25) is 15.9 Å². The average Bonchev–Trinajstić information content (AvgIpc) is 3.15. The molecule has 0 amide bonds. The molecule has 10 heteroatoms. The molecule has 1 fully saturated rings. The highest BCUT2D eigenvalue weighted by Crippen LogP contribution is 2.33. The van der Waals surface area contributed by atoms with E-state index in [9.17, 15) is 8.42 Å². The molecule has 0 atom stereocenters. The first-order chi connectivity index (χ1) is 14.5. The molecule has 0 saturated carbocycles. The molecule has 0 unspecified atom stereocenters. The van der Waals surface area contributed by atoms with Gasteiger partial charge in [0.05, 0.1) is 11.4 Å². The number of aromatic nitrogens is 1. The molecule has 2 aliphatic heterocycles. The summed E-state index contributed by atoms with van der Waals surface area (Å²) >= 11 is 5.99. The molecule has 0 radical (unpaired) electrons. The van der Waals surface area contributed by atoms with E-state index >= 15 is 0 Å². The minimum Gasteiger partial charge on any atom is -0.486 e. The van der Waals surface area contributed by atoms with Gasteiger partial charge in [0.1, 0.15) is 18.7 Å². The standard InChI is InChI=1S/C20H20ClN3O5S/c21-14-1-3-16-18(11-14)29-20(22-16)13-23-5-7-24(8-6-23)30(25,26)15-2-4-17-19(12-15)28-10-9-27-17/h1-4,11-12H,5-10,13H2. The fourth-order valence-electron chi connectivity index (χ4n) is 3.67. The zero-order valence-electron chi connectivity index (χ0n) is 16.1. The van der Waals surface area contributed by atoms with Crippen molar-refractivity contribution in [3.8, 4) is 11.5 Å². The van der Waals surface area contributed by atoms with E-state index in [-0.39, 0.29) is 4.90 Å². The first-order valence-corrected chi connectivity index (χ1v) is 11.5. The Bertz CT molecular complexity index is 1190. The molecule has 158 valence electrons. The summed E-state index contributed by atoms with van der Waals surface area (Å²) in [6, 6.07) is 10.1. The van der Waals surface area contributed by atoms with Crippen LogP contribution >= 0.6 is 11.6 Å². The first-order valence-electron chi connectivity index (χ1n) is 9.66. The van der Waals surface area contributed by atoms with E-state index in [0.717, 1.165) is 5.52 Å². The van der Waals surface area contributed by atoms with Gasteiger partial charge in [-0.05, 0) is 24.3 Å². The smallest absolute Gasteiger partial charge is 0.243 e. The molecular formula is C20H20ClN3O5S. The molecular weight excluding hydrogens is 430 g/mol. The predicted octanol–water partition coefficient (Wildman–Crippen LogP) is 2.76. The van der Waals surface area contributed by atoms with E-state index in [0.29, 0.717) is 73.9 Å². The maximum atomic E-state index is 13.1. The lowest BCUT2D eigenvalue weighted by molar-refractivity contribution is 0.168. The molecule has 2 aliphatic rings. The van der Waals surface area contributed by atoms with Gasteiger partial charge in [-0.1, -0.05) is 11.6 Å². The number of hydrogen-bond acceptors (Lipinski definition) is 7. The van der Waals surface area contributed by atoms with E-state index < -0.39 is 10.0 Å². The lowest BCUT2D eigenvalue weighted by Gasteiger charge is -2.33. The molecule has 0 N–H and O–H groups in total. The third-order valence-electron chi connectivity index (χ3n) is 5.24. The Morgan fingerprint density at radius 1 is 0.967 bits per heavy atom. The van der Waals surface area contributed by atoms with Crippen LogP contribution in [0.2, 0.25) is 5.02 Å². The zero-order chi connectivity index (χ0) is 20.7. The van der Waals surface area contributed by atoms with Crippen molar-refractivity contribution in [1.29, 1.82) is 0 Å². The van der Waals surface area contributed by atoms with Crippen LogP contribution < -0.4 is 9.47 Å². The Morgan fingerprint density at radius 3 is 2.53 bits per heavy atom. The molecule has 0 aliphatic carbocycles. The van der Waals surface area contributed by atoms with E-state index in [1.165, 1.54) is 4.31 Å². The number of benzene rings is 2. The molecule has 1 aromatic heterocycles.